The van der Waals surface area contributed by atoms with Crippen LogP contribution in [-0.2, 0) is 0 Å². The van der Waals surface area contributed by atoms with Crippen LogP contribution >= 0.6 is 0 Å². The van der Waals surface area contributed by atoms with Gasteiger partial charge in [0.1, 0.15) is 17.5 Å². The minimum atomic E-state index is -1.18. The van der Waals surface area contributed by atoms with Crippen LogP contribution in [-0.4, -0.2) is 52.7 Å². The molecule has 1 aliphatic rings. The van der Waals surface area contributed by atoms with Gasteiger partial charge >= 0.3 is 0 Å². The number of anilines is 1. The number of aliphatic hydroxyl groups is 1. The summed E-state index contributed by atoms with van der Waals surface area (Å²) in [4.78, 5) is 12.4. The predicted molar refractivity (Wildman–Crippen MR) is 82.0 cm³/mol. The average Bonchev–Trinajstić information content (AvgIpc) is 2.56. The fourth-order valence-electron chi connectivity index (χ4n) is 2.78. The Hall–Kier alpha value is -2.12. The van der Waals surface area contributed by atoms with E-state index < -0.39 is 17.7 Å². The van der Waals surface area contributed by atoms with Gasteiger partial charge in [0.25, 0.3) is 0 Å². The lowest BCUT2D eigenvalue weighted by Crippen LogP contribution is -2.48. The highest BCUT2D eigenvalue weighted by atomic mass is 19.1. The maximum atomic E-state index is 13.7. The number of nitrogens with zero attached hydrogens (tertiary/aromatic N) is 4. The standard InChI is InChI=1S/C16H18F2N4O/c17-12-2-1-3-13(18)16(12)14(23)11-21-6-8-22(9-7-21)15-10-19-4-5-20-15/h1-5,10,14,23H,6-9,11H2/t14-/m1/s1. The van der Waals surface area contributed by atoms with Crippen LogP contribution in [0.2, 0.25) is 0 Å². The number of aromatic nitrogens is 2. The summed E-state index contributed by atoms with van der Waals surface area (Å²) in [6.45, 7) is 3.02. The monoisotopic (exact) mass is 320 g/mol. The summed E-state index contributed by atoms with van der Waals surface area (Å²) in [7, 11) is 0. The molecule has 2 aromatic rings. The third kappa shape index (κ3) is 3.62. The third-order valence-corrected chi connectivity index (χ3v) is 4.01. The van der Waals surface area contributed by atoms with E-state index in [0.29, 0.717) is 13.1 Å². The maximum absolute atomic E-state index is 13.7. The van der Waals surface area contributed by atoms with Gasteiger partial charge < -0.3 is 10.0 Å². The molecule has 1 N–H and O–H groups in total. The zero-order valence-corrected chi connectivity index (χ0v) is 12.6. The van der Waals surface area contributed by atoms with Crippen molar-refractivity contribution in [1.82, 2.24) is 14.9 Å². The Labute approximate surface area is 133 Å². The van der Waals surface area contributed by atoms with Crippen molar-refractivity contribution in [2.75, 3.05) is 37.6 Å². The van der Waals surface area contributed by atoms with Crippen molar-refractivity contribution >= 4 is 5.82 Å². The van der Waals surface area contributed by atoms with Crippen LogP contribution in [0.3, 0.4) is 0 Å². The van der Waals surface area contributed by atoms with Gasteiger partial charge in [-0.2, -0.15) is 0 Å². The second-order valence-electron chi connectivity index (χ2n) is 5.50. The molecule has 7 heteroatoms. The molecule has 1 atom stereocenters. The highest BCUT2D eigenvalue weighted by Crippen LogP contribution is 2.22. The summed E-state index contributed by atoms with van der Waals surface area (Å²) in [5, 5.41) is 10.2. The Morgan fingerprint density at radius 3 is 2.39 bits per heavy atom. The first-order valence-electron chi connectivity index (χ1n) is 7.50. The van der Waals surface area contributed by atoms with Crippen LogP contribution in [0.15, 0.2) is 36.8 Å². The van der Waals surface area contributed by atoms with E-state index in [4.69, 9.17) is 0 Å². The normalized spacial score (nSPS) is 17.3. The fourth-order valence-corrected chi connectivity index (χ4v) is 2.78. The van der Waals surface area contributed by atoms with Crippen molar-refractivity contribution in [3.63, 3.8) is 0 Å². The first-order chi connectivity index (χ1) is 11.1. The predicted octanol–water partition coefficient (Wildman–Crippen LogP) is 1.61. The van der Waals surface area contributed by atoms with E-state index in [2.05, 4.69) is 14.9 Å². The average molecular weight is 320 g/mol. The third-order valence-electron chi connectivity index (χ3n) is 4.01. The van der Waals surface area contributed by atoms with Crippen LogP contribution in [0.4, 0.5) is 14.6 Å². The molecule has 0 unspecified atom stereocenters. The molecule has 0 amide bonds. The summed E-state index contributed by atoms with van der Waals surface area (Å²) >= 11 is 0. The molecule has 1 aromatic heterocycles. The number of halogens is 2. The van der Waals surface area contributed by atoms with Gasteiger partial charge in [0.15, 0.2) is 0 Å². The van der Waals surface area contributed by atoms with Gasteiger partial charge in [-0.25, -0.2) is 13.8 Å². The van der Waals surface area contributed by atoms with Crippen molar-refractivity contribution < 1.29 is 13.9 Å². The Morgan fingerprint density at radius 1 is 1.09 bits per heavy atom. The minimum Gasteiger partial charge on any atom is -0.387 e. The Balaban J connectivity index is 1.58. The number of aliphatic hydroxyl groups excluding tert-OH is 1. The fraction of sp³-hybridized carbons (Fsp3) is 0.375. The van der Waals surface area contributed by atoms with E-state index in [1.54, 1.807) is 18.6 Å². The van der Waals surface area contributed by atoms with Gasteiger partial charge in [0, 0.05) is 45.1 Å². The summed E-state index contributed by atoms with van der Waals surface area (Å²) < 4.78 is 27.4. The molecule has 1 fully saturated rings. The van der Waals surface area contributed by atoms with Gasteiger partial charge in [-0.1, -0.05) is 6.07 Å². The molecule has 0 spiro atoms. The van der Waals surface area contributed by atoms with Gasteiger partial charge in [0.05, 0.1) is 17.9 Å². The SMILES string of the molecule is O[C@H](CN1CCN(c2cnccn2)CC1)c1c(F)cccc1F. The van der Waals surface area contributed by atoms with Gasteiger partial charge in [0.2, 0.25) is 0 Å². The van der Waals surface area contributed by atoms with Crippen LogP contribution in [0, 0.1) is 11.6 Å². The molecule has 5 nitrogen and oxygen atoms in total. The molecule has 0 saturated carbocycles. The molecule has 3 rings (SSSR count). The minimum absolute atomic E-state index is 0.201. The Bertz CT molecular complexity index is 628. The molecule has 2 heterocycles. The summed E-state index contributed by atoms with van der Waals surface area (Å²) in [5.74, 6) is -0.612. The first-order valence-corrected chi connectivity index (χ1v) is 7.50. The quantitative estimate of drug-likeness (QED) is 0.927. The van der Waals surface area contributed by atoms with Crippen molar-refractivity contribution in [3.8, 4) is 0 Å². The Kier molecular flexibility index (Phi) is 4.78. The lowest BCUT2D eigenvalue weighted by atomic mass is 10.1. The van der Waals surface area contributed by atoms with Crippen molar-refractivity contribution in [1.29, 1.82) is 0 Å². The molecule has 1 aliphatic heterocycles. The number of hydrogen-bond donors (Lipinski definition) is 1. The number of rotatable bonds is 4. The molecule has 0 aliphatic carbocycles. The second kappa shape index (κ2) is 6.97. The van der Waals surface area contributed by atoms with E-state index in [-0.39, 0.29) is 12.1 Å². The molecule has 0 radical (unpaired) electrons. The maximum Gasteiger partial charge on any atom is 0.147 e. The zero-order chi connectivity index (χ0) is 16.2. The van der Waals surface area contributed by atoms with Crippen LogP contribution in [0.5, 0.6) is 0 Å². The molecule has 122 valence electrons. The summed E-state index contributed by atoms with van der Waals surface area (Å²) in [5.41, 5.74) is -0.260. The number of benzene rings is 1. The highest BCUT2D eigenvalue weighted by molar-refractivity contribution is 5.35. The van der Waals surface area contributed by atoms with Crippen molar-refractivity contribution in [3.05, 3.63) is 54.0 Å². The van der Waals surface area contributed by atoms with E-state index in [1.807, 2.05) is 4.90 Å². The Morgan fingerprint density at radius 2 is 1.78 bits per heavy atom. The van der Waals surface area contributed by atoms with E-state index >= 15 is 0 Å². The first kappa shape index (κ1) is 15.8. The number of β-amino-alcohol motifs (C(OH)–C–C–N with tert-alkyl or cyclic N) is 1. The highest BCUT2D eigenvalue weighted by Gasteiger charge is 2.24. The van der Waals surface area contributed by atoms with Crippen molar-refractivity contribution in [2.45, 2.75) is 6.10 Å². The van der Waals surface area contributed by atoms with Crippen LogP contribution < -0.4 is 4.90 Å². The molecule has 1 saturated heterocycles. The molecule has 23 heavy (non-hydrogen) atoms. The zero-order valence-electron chi connectivity index (χ0n) is 12.6. The molecule has 1 aromatic carbocycles. The number of hydrogen-bond acceptors (Lipinski definition) is 5. The van der Waals surface area contributed by atoms with Crippen molar-refractivity contribution in [2.24, 2.45) is 0 Å². The second-order valence-corrected chi connectivity index (χ2v) is 5.50. The van der Waals surface area contributed by atoms with Gasteiger partial charge in [-0.15, -0.1) is 0 Å². The smallest absolute Gasteiger partial charge is 0.147 e. The van der Waals surface area contributed by atoms with Crippen LogP contribution in [0.1, 0.15) is 11.7 Å². The topological polar surface area (TPSA) is 52.5 Å². The van der Waals surface area contributed by atoms with E-state index in [9.17, 15) is 13.9 Å². The van der Waals surface area contributed by atoms with E-state index in [1.165, 1.54) is 6.07 Å². The summed E-state index contributed by atoms with van der Waals surface area (Å²) in [6.07, 6.45) is 3.80. The molecular formula is C16H18F2N4O. The van der Waals surface area contributed by atoms with Gasteiger partial charge in [-0.3, -0.25) is 9.88 Å². The molecular weight excluding hydrogens is 302 g/mol. The van der Waals surface area contributed by atoms with E-state index in [0.717, 1.165) is 31.0 Å². The lowest BCUT2D eigenvalue weighted by molar-refractivity contribution is 0.103. The van der Waals surface area contributed by atoms with Crippen LogP contribution in [0.25, 0.3) is 0 Å². The largest absolute Gasteiger partial charge is 0.387 e. The lowest BCUT2D eigenvalue weighted by Gasteiger charge is -2.36. The molecule has 0 bridgehead atoms. The number of piperazine rings is 1. The summed E-state index contributed by atoms with van der Waals surface area (Å²) in [6, 6.07) is 3.61. The van der Waals surface area contributed by atoms with Gasteiger partial charge in [-0.05, 0) is 12.1 Å².